The van der Waals surface area contributed by atoms with Gasteiger partial charge in [0.25, 0.3) is 0 Å². The number of nitrogen functional groups attached to an aromatic ring is 1. The molecule has 1 aromatic rings. The molecule has 0 aliphatic rings. The number of amidine groups is 1. The highest BCUT2D eigenvalue weighted by atomic mass is 79.9. The molecule has 0 aliphatic carbocycles. The van der Waals surface area contributed by atoms with Crippen molar-refractivity contribution >= 4 is 21.8 Å². The van der Waals surface area contributed by atoms with E-state index >= 15 is 0 Å². The van der Waals surface area contributed by atoms with Crippen LogP contribution in [-0.2, 0) is 0 Å². The van der Waals surface area contributed by atoms with Crippen LogP contribution in [0.3, 0.4) is 0 Å². The number of nitrogens with two attached hydrogens (primary N) is 1. The molecule has 0 heterocycles. The molecule has 0 amide bonds. The highest BCUT2D eigenvalue weighted by Gasteiger charge is 2.08. The fourth-order valence-corrected chi connectivity index (χ4v) is 2.37. The van der Waals surface area contributed by atoms with Crippen LogP contribution in [0.4, 0.5) is 0 Å². The van der Waals surface area contributed by atoms with Gasteiger partial charge in [0, 0.05) is 5.56 Å². The molecule has 0 radical (unpaired) electrons. The Hall–Kier alpha value is -1.03. The molecule has 0 saturated carbocycles. The van der Waals surface area contributed by atoms with E-state index in [4.69, 9.17) is 15.9 Å². The summed E-state index contributed by atoms with van der Waals surface area (Å²) in [7, 11) is 0. The molecule has 1 rings (SSSR count). The Morgan fingerprint density at radius 1 is 1.37 bits per heavy atom. The van der Waals surface area contributed by atoms with Crippen LogP contribution in [0.5, 0.6) is 5.75 Å². The molecule has 4 heteroatoms. The maximum atomic E-state index is 7.39. The zero-order chi connectivity index (χ0) is 14.3. The van der Waals surface area contributed by atoms with Crippen LogP contribution in [0.1, 0.15) is 51.5 Å². The van der Waals surface area contributed by atoms with Gasteiger partial charge < -0.3 is 10.5 Å². The van der Waals surface area contributed by atoms with Gasteiger partial charge in [0.15, 0.2) is 0 Å². The lowest BCUT2D eigenvalue weighted by atomic mass is 10.1. The van der Waals surface area contributed by atoms with Gasteiger partial charge in [-0.3, -0.25) is 5.41 Å². The van der Waals surface area contributed by atoms with Crippen molar-refractivity contribution in [1.29, 1.82) is 5.41 Å². The summed E-state index contributed by atoms with van der Waals surface area (Å²) in [5.41, 5.74) is 6.15. The predicted octanol–water partition coefficient (Wildman–Crippen LogP) is 4.47. The second-order valence-corrected chi connectivity index (χ2v) is 5.69. The first-order valence-electron chi connectivity index (χ1n) is 6.85. The molecule has 1 unspecified atom stereocenters. The van der Waals surface area contributed by atoms with E-state index in [1.165, 1.54) is 25.7 Å². The van der Waals surface area contributed by atoms with Gasteiger partial charge >= 0.3 is 0 Å². The summed E-state index contributed by atoms with van der Waals surface area (Å²) in [5, 5.41) is 7.39. The smallest absolute Gasteiger partial charge is 0.133 e. The van der Waals surface area contributed by atoms with Crippen LogP contribution in [-0.4, -0.2) is 11.9 Å². The van der Waals surface area contributed by atoms with E-state index in [0.29, 0.717) is 5.56 Å². The van der Waals surface area contributed by atoms with Crippen molar-refractivity contribution in [2.75, 3.05) is 0 Å². The standard InChI is InChI=1S/C15H23BrN2O/c1-3-4-5-6-7-11(2)19-14-9-8-12(15(17)18)10-13(14)16/h8-11H,3-7H2,1-2H3,(H3,17,18). The minimum Gasteiger partial charge on any atom is -0.490 e. The lowest BCUT2D eigenvalue weighted by Gasteiger charge is -2.16. The van der Waals surface area contributed by atoms with Gasteiger partial charge in [0.1, 0.15) is 11.6 Å². The van der Waals surface area contributed by atoms with E-state index < -0.39 is 0 Å². The molecule has 1 aromatic carbocycles. The molecule has 1 atom stereocenters. The second-order valence-electron chi connectivity index (χ2n) is 4.84. The van der Waals surface area contributed by atoms with Crippen molar-refractivity contribution in [1.82, 2.24) is 0 Å². The molecule has 3 nitrogen and oxygen atoms in total. The van der Waals surface area contributed by atoms with Crippen LogP contribution in [0.2, 0.25) is 0 Å². The first-order chi connectivity index (χ1) is 9.04. The van der Waals surface area contributed by atoms with Crippen LogP contribution < -0.4 is 10.5 Å². The third-order valence-electron chi connectivity index (χ3n) is 3.04. The molecule has 0 fully saturated rings. The number of benzene rings is 1. The first kappa shape index (κ1) is 16.0. The van der Waals surface area contributed by atoms with E-state index in [1.807, 2.05) is 18.2 Å². The number of hydrogen-bond donors (Lipinski definition) is 2. The highest BCUT2D eigenvalue weighted by Crippen LogP contribution is 2.27. The lowest BCUT2D eigenvalue weighted by molar-refractivity contribution is 0.205. The quantitative estimate of drug-likeness (QED) is 0.420. The average Bonchev–Trinajstić information content (AvgIpc) is 2.37. The summed E-state index contributed by atoms with van der Waals surface area (Å²) in [5.74, 6) is 0.882. The molecule has 0 aromatic heterocycles. The van der Waals surface area contributed by atoms with Gasteiger partial charge in [-0.1, -0.05) is 26.2 Å². The fraction of sp³-hybridized carbons (Fsp3) is 0.533. The van der Waals surface area contributed by atoms with Crippen LogP contribution in [0.15, 0.2) is 22.7 Å². The van der Waals surface area contributed by atoms with Gasteiger partial charge in [0.05, 0.1) is 10.6 Å². The molecular weight excluding hydrogens is 304 g/mol. The van der Waals surface area contributed by atoms with Crippen molar-refractivity contribution < 1.29 is 4.74 Å². The van der Waals surface area contributed by atoms with E-state index in [-0.39, 0.29) is 11.9 Å². The Morgan fingerprint density at radius 3 is 2.68 bits per heavy atom. The molecular formula is C15H23BrN2O. The Kier molecular flexibility index (Phi) is 6.92. The molecule has 0 aliphatic heterocycles. The van der Waals surface area contributed by atoms with Crippen molar-refractivity contribution in [3.63, 3.8) is 0 Å². The van der Waals surface area contributed by atoms with Gasteiger partial charge in [0.2, 0.25) is 0 Å². The summed E-state index contributed by atoms with van der Waals surface area (Å²) < 4.78 is 6.75. The van der Waals surface area contributed by atoms with E-state index in [2.05, 4.69) is 29.8 Å². The summed E-state index contributed by atoms with van der Waals surface area (Å²) in [4.78, 5) is 0. The van der Waals surface area contributed by atoms with Crippen LogP contribution >= 0.6 is 15.9 Å². The van der Waals surface area contributed by atoms with Gasteiger partial charge in [-0.2, -0.15) is 0 Å². The van der Waals surface area contributed by atoms with Crippen molar-refractivity contribution in [2.24, 2.45) is 5.73 Å². The van der Waals surface area contributed by atoms with Crippen molar-refractivity contribution in [3.8, 4) is 5.75 Å². The summed E-state index contributed by atoms with van der Waals surface area (Å²) in [6, 6.07) is 5.50. The van der Waals surface area contributed by atoms with Gasteiger partial charge in [-0.15, -0.1) is 0 Å². The molecule has 3 N–H and O–H groups in total. The van der Waals surface area contributed by atoms with E-state index in [1.54, 1.807) is 0 Å². The third kappa shape index (κ3) is 5.64. The Balaban J connectivity index is 2.50. The van der Waals surface area contributed by atoms with Crippen LogP contribution in [0.25, 0.3) is 0 Å². The number of unbranched alkanes of at least 4 members (excludes halogenated alkanes) is 3. The molecule has 0 saturated heterocycles. The average molecular weight is 327 g/mol. The van der Waals surface area contributed by atoms with Gasteiger partial charge in [-0.05, 0) is 53.9 Å². The summed E-state index contributed by atoms with van der Waals surface area (Å²) >= 11 is 3.46. The lowest BCUT2D eigenvalue weighted by Crippen LogP contribution is -2.13. The Labute approximate surface area is 124 Å². The maximum absolute atomic E-state index is 7.39. The number of halogens is 1. The summed E-state index contributed by atoms with van der Waals surface area (Å²) in [6.07, 6.45) is 6.31. The van der Waals surface area contributed by atoms with Crippen LogP contribution in [0, 0.1) is 5.41 Å². The summed E-state index contributed by atoms with van der Waals surface area (Å²) in [6.45, 7) is 4.31. The monoisotopic (exact) mass is 326 g/mol. The molecule has 0 spiro atoms. The van der Waals surface area contributed by atoms with Crippen molar-refractivity contribution in [2.45, 2.75) is 52.1 Å². The molecule has 19 heavy (non-hydrogen) atoms. The minimum absolute atomic E-state index is 0.0693. The Bertz CT molecular complexity index is 421. The number of nitrogens with one attached hydrogen (secondary N) is 1. The zero-order valence-corrected chi connectivity index (χ0v) is 13.3. The molecule has 0 bridgehead atoms. The minimum atomic E-state index is 0.0693. The van der Waals surface area contributed by atoms with Crippen molar-refractivity contribution in [3.05, 3.63) is 28.2 Å². The Morgan fingerprint density at radius 2 is 2.11 bits per heavy atom. The SMILES string of the molecule is CCCCCCC(C)Oc1ccc(C(=N)N)cc1Br. The molecule has 106 valence electrons. The fourth-order valence-electron chi connectivity index (χ4n) is 1.90. The van der Waals surface area contributed by atoms with E-state index in [0.717, 1.165) is 16.6 Å². The normalized spacial score (nSPS) is 12.2. The number of ether oxygens (including phenoxy) is 1. The highest BCUT2D eigenvalue weighted by molar-refractivity contribution is 9.10. The third-order valence-corrected chi connectivity index (χ3v) is 3.65. The van der Waals surface area contributed by atoms with Gasteiger partial charge in [-0.25, -0.2) is 0 Å². The van der Waals surface area contributed by atoms with E-state index in [9.17, 15) is 0 Å². The predicted molar refractivity (Wildman–Crippen MR) is 84.0 cm³/mol. The first-order valence-corrected chi connectivity index (χ1v) is 7.64. The zero-order valence-electron chi connectivity index (χ0n) is 11.7. The number of hydrogen-bond acceptors (Lipinski definition) is 2. The largest absolute Gasteiger partial charge is 0.490 e. The number of rotatable bonds is 8. The second kappa shape index (κ2) is 8.20. The topological polar surface area (TPSA) is 59.1 Å². The maximum Gasteiger partial charge on any atom is 0.133 e.